The molecule has 19 heavy (non-hydrogen) atoms. The molecule has 0 aromatic carbocycles. The fourth-order valence-corrected chi connectivity index (χ4v) is 2.89. The number of primary amides is 1. The Bertz CT molecular complexity index is 361. The van der Waals surface area contributed by atoms with E-state index in [1.165, 1.54) is 0 Å². The van der Waals surface area contributed by atoms with Crippen LogP contribution in [0.5, 0.6) is 0 Å². The SMILES string of the molecule is CC1CCC(C(N)=O)CN1C(=O)C1CCC(CN)O1. The van der Waals surface area contributed by atoms with Gasteiger partial charge in [0.2, 0.25) is 5.91 Å². The van der Waals surface area contributed by atoms with Gasteiger partial charge in [0.05, 0.1) is 12.0 Å². The number of rotatable bonds is 3. The summed E-state index contributed by atoms with van der Waals surface area (Å²) in [6.45, 7) is 2.87. The first kappa shape index (κ1) is 14.3. The normalized spacial score (nSPS) is 35.4. The van der Waals surface area contributed by atoms with Crippen molar-refractivity contribution in [1.82, 2.24) is 4.90 Å². The molecule has 0 aromatic rings. The minimum atomic E-state index is -0.400. The first-order chi connectivity index (χ1) is 9.02. The van der Waals surface area contributed by atoms with E-state index in [1.807, 2.05) is 6.92 Å². The zero-order valence-electron chi connectivity index (χ0n) is 11.4. The van der Waals surface area contributed by atoms with E-state index < -0.39 is 6.10 Å². The Hall–Kier alpha value is -1.14. The van der Waals surface area contributed by atoms with Gasteiger partial charge in [-0.1, -0.05) is 0 Å². The van der Waals surface area contributed by atoms with Gasteiger partial charge in [-0.3, -0.25) is 9.59 Å². The molecule has 6 nitrogen and oxygen atoms in total. The number of carbonyl (C=O) groups is 2. The lowest BCUT2D eigenvalue weighted by Gasteiger charge is -2.38. The van der Waals surface area contributed by atoms with Gasteiger partial charge in [-0.25, -0.2) is 0 Å². The summed E-state index contributed by atoms with van der Waals surface area (Å²) in [7, 11) is 0. The summed E-state index contributed by atoms with van der Waals surface area (Å²) in [6.07, 6.45) is 2.70. The molecule has 0 aromatic heterocycles. The van der Waals surface area contributed by atoms with Gasteiger partial charge in [0, 0.05) is 19.1 Å². The van der Waals surface area contributed by atoms with Crippen LogP contribution in [-0.2, 0) is 14.3 Å². The van der Waals surface area contributed by atoms with Gasteiger partial charge in [-0.2, -0.15) is 0 Å². The van der Waals surface area contributed by atoms with E-state index in [-0.39, 0.29) is 29.9 Å². The van der Waals surface area contributed by atoms with Gasteiger partial charge in [0.1, 0.15) is 6.10 Å². The minimum absolute atomic E-state index is 0.0130. The van der Waals surface area contributed by atoms with Crippen LogP contribution in [0.4, 0.5) is 0 Å². The van der Waals surface area contributed by atoms with Crippen LogP contribution in [0.1, 0.15) is 32.6 Å². The fraction of sp³-hybridized carbons (Fsp3) is 0.846. The minimum Gasteiger partial charge on any atom is -0.369 e. The van der Waals surface area contributed by atoms with Crippen LogP contribution in [0.25, 0.3) is 0 Å². The van der Waals surface area contributed by atoms with E-state index >= 15 is 0 Å². The molecule has 4 atom stereocenters. The molecule has 2 aliphatic rings. The summed E-state index contributed by atoms with van der Waals surface area (Å²) in [6, 6.07) is 0.142. The first-order valence-corrected chi connectivity index (χ1v) is 6.98. The summed E-state index contributed by atoms with van der Waals surface area (Å²) in [5, 5.41) is 0. The molecule has 2 rings (SSSR count). The quantitative estimate of drug-likeness (QED) is 0.728. The van der Waals surface area contributed by atoms with Crippen molar-refractivity contribution >= 4 is 11.8 Å². The zero-order chi connectivity index (χ0) is 14.0. The molecule has 0 aliphatic carbocycles. The van der Waals surface area contributed by atoms with Gasteiger partial charge in [0.25, 0.3) is 5.91 Å². The third-order valence-electron chi connectivity index (χ3n) is 4.21. The number of nitrogens with two attached hydrogens (primary N) is 2. The highest BCUT2D eigenvalue weighted by Gasteiger charge is 2.38. The highest BCUT2D eigenvalue weighted by molar-refractivity contribution is 5.83. The molecular formula is C13H23N3O3. The number of hydrogen-bond acceptors (Lipinski definition) is 4. The van der Waals surface area contributed by atoms with E-state index in [9.17, 15) is 9.59 Å². The molecule has 2 aliphatic heterocycles. The zero-order valence-corrected chi connectivity index (χ0v) is 11.4. The van der Waals surface area contributed by atoms with E-state index in [4.69, 9.17) is 16.2 Å². The predicted molar refractivity (Wildman–Crippen MR) is 70.0 cm³/mol. The Labute approximate surface area is 113 Å². The molecule has 108 valence electrons. The molecular weight excluding hydrogens is 246 g/mol. The van der Waals surface area contributed by atoms with E-state index in [1.54, 1.807) is 4.90 Å². The van der Waals surface area contributed by atoms with Crippen LogP contribution in [0.15, 0.2) is 0 Å². The summed E-state index contributed by atoms with van der Waals surface area (Å²) in [4.78, 5) is 25.5. The Kier molecular flexibility index (Phi) is 4.42. The standard InChI is InChI=1S/C13H23N3O3/c1-8-2-3-9(12(15)17)7-16(8)13(18)11-5-4-10(6-14)19-11/h8-11H,2-7,14H2,1H3,(H2,15,17). The second kappa shape index (κ2) is 5.88. The second-order valence-corrected chi connectivity index (χ2v) is 5.58. The molecule has 2 heterocycles. The lowest BCUT2D eigenvalue weighted by atomic mass is 9.92. The molecule has 4 N–H and O–H groups in total. The average Bonchev–Trinajstić information content (AvgIpc) is 2.87. The number of likely N-dealkylation sites (tertiary alicyclic amines) is 1. The molecule has 0 spiro atoms. The summed E-state index contributed by atoms with van der Waals surface area (Å²) in [5.41, 5.74) is 10.9. The smallest absolute Gasteiger partial charge is 0.251 e. The molecule has 2 amide bonds. The van der Waals surface area contributed by atoms with Crippen LogP contribution in [0.3, 0.4) is 0 Å². The Morgan fingerprint density at radius 1 is 1.26 bits per heavy atom. The van der Waals surface area contributed by atoms with Crippen molar-refractivity contribution in [1.29, 1.82) is 0 Å². The van der Waals surface area contributed by atoms with Crippen molar-refractivity contribution < 1.29 is 14.3 Å². The van der Waals surface area contributed by atoms with Crippen molar-refractivity contribution in [2.75, 3.05) is 13.1 Å². The lowest BCUT2D eigenvalue weighted by molar-refractivity contribution is -0.148. The van der Waals surface area contributed by atoms with E-state index in [0.29, 0.717) is 19.5 Å². The Balaban J connectivity index is 1.99. The number of amides is 2. The maximum absolute atomic E-state index is 12.4. The number of carbonyl (C=O) groups excluding carboxylic acids is 2. The van der Waals surface area contributed by atoms with Gasteiger partial charge in [-0.05, 0) is 32.6 Å². The van der Waals surface area contributed by atoms with Crippen LogP contribution in [0, 0.1) is 5.92 Å². The van der Waals surface area contributed by atoms with Gasteiger partial charge >= 0.3 is 0 Å². The maximum Gasteiger partial charge on any atom is 0.251 e. The van der Waals surface area contributed by atoms with Gasteiger partial charge in [-0.15, -0.1) is 0 Å². The van der Waals surface area contributed by atoms with Crippen molar-refractivity contribution in [3.63, 3.8) is 0 Å². The van der Waals surface area contributed by atoms with Crippen molar-refractivity contribution in [2.24, 2.45) is 17.4 Å². The summed E-state index contributed by atoms with van der Waals surface area (Å²) < 4.78 is 5.64. The largest absolute Gasteiger partial charge is 0.369 e. The first-order valence-electron chi connectivity index (χ1n) is 6.98. The molecule has 0 saturated carbocycles. The van der Waals surface area contributed by atoms with E-state index in [0.717, 1.165) is 19.3 Å². The highest BCUT2D eigenvalue weighted by Crippen LogP contribution is 2.26. The maximum atomic E-state index is 12.4. The average molecular weight is 269 g/mol. The fourth-order valence-electron chi connectivity index (χ4n) is 2.89. The van der Waals surface area contributed by atoms with Crippen molar-refractivity contribution in [3.05, 3.63) is 0 Å². The number of ether oxygens (including phenoxy) is 1. The summed E-state index contributed by atoms with van der Waals surface area (Å²) >= 11 is 0. The monoisotopic (exact) mass is 269 g/mol. The number of nitrogens with zero attached hydrogens (tertiary/aromatic N) is 1. The van der Waals surface area contributed by atoms with Crippen molar-refractivity contribution in [2.45, 2.75) is 50.9 Å². The molecule has 0 bridgehead atoms. The summed E-state index contributed by atoms with van der Waals surface area (Å²) in [5.74, 6) is -0.571. The number of hydrogen-bond donors (Lipinski definition) is 2. The van der Waals surface area contributed by atoms with Gasteiger partial charge < -0.3 is 21.1 Å². The molecule has 0 radical (unpaired) electrons. The lowest BCUT2D eigenvalue weighted by Crippen LogP contribution is -2.51. The van der Waals surface area contributed by atoms with Crippen molar-refractivity contribution in [3.8, 4) is 0 Å². The topological polar surface area (TPSA) is 98.7 Å². The molecule has 2 saturated heterocycles. The van der Waals surface area contributed by atoms with E-state index in [2.05, 4.69) is 0 Å². The predicted octanol–water partition coefficient (Wildman–Crippen LogP) is -0.395. The highest BCUT2D eigenvalue weighted by atomic mass is 16.5. The number of piperidine rings is 1. The molecule has 4 unspecified atom stereocenters. The third-order valence-corrected chi connectivity index (χ3v) is 4.21. The van der Waals surface area contributed by atoms with Crippen LogP contribution >= 0.6 is 0 Å². The Morgan fingerprint density at radius 3 is 2.58 bits per heavy atom. The molecule has 6 heteroatoms. The second-order valence-electron chi connectivity index (χ2n) is 5.58. The van der Waals surface area contributed by atoms with Crippen LogP contribution in [0.2, 0.25) is 0 Å². The molecule has 2 fully saturated rings. The van der Waals surface area contributed by atoms with Crippen LogP contribution < -0.4 is 11.5 Å². The van der Waals surface area contributed by atoms with Crippen LogP contribution in [-0.4, -0.2) is 48.1 Å². The third kappa shape index (κ3) is 3.06. The Morgan fingerprint density at radius 2 is 2.00 bits per heavy atom. The van der Waals surface area contributed by atoms with Gasteiger partial charge in [0.15, 0.2) is 0 Å².